The molecule has 0 amide bonds. The van der Waals surface area contributed by atoms with Crippen molar-refractivity contribution < 1.29 is 5.11 Å². The van der Waals surface area contributed by atoms with Gasteiger partial charge >= 0.3 is 0 Å². The second-order valence-electron chi connectivity index (χ2n) is 4.63. The van der Waals surface area contributed by atoms with Crippen LogP contribution in [-0.2, 0) is 0 Å². The van der Waals surface area contributed by atoms with Crippen LogP contribution in [0.4, 0.5) is 0 Å². The number of aliphatic hydroxyl groups excluding tert-OH is 1. The van der Waals surface area contributed by atoms with Gasteiger partial charge in [0.1, 0.15) is 0 Å². The lowest BCUT2D eigenvalue weighted by Crippen LogP contribution is -2.04. The summed E-state index contributed by atoms with van der Waals surface area (Å²) in [7, 11) is 0. The van der Waals surface area contributed by atoms with Gasteiger partial charge in [-0.3, -0.25) is 0 Å². The molecule has 0 saturated heterocycles. The Labute approximate surface area is 101 Å². The summed E-state index contributed by atoms with van der Waals surface area (Å²) in [5.41, 5.74) is 0. The standard InChI is InChI=1S/C14H27NO/c1-2-3-4-5-6-7-8-9-10-11-14(16)12-13-15/h14,16H,2-12H2,1H3. The molecule has 0 rings (SSSR count). The van der Waals surface area contributed by atoms with Crippen LogP contribution in [0.2, 0.25) is 0 Å². The molecule has 0 heterocycles. The van der Waals surface area contributed by atoms with E-state index < -0.39 is 6.10 Å². The fourth-order valence-corrected chi connectivity index (χ4v) is 1.90. The van der Waals surface area contributed by atoms with Crippen LogP contribution >= 0.6 is 0 Å². The third kappa shape index (κ3) is 11.5. The molecule has 0 spiro atoms. The van der Waals surface area contributed by atoms with Crippen molar-refractivity contribution in [3.8, 4) is 6.07 Å². The van der Waals surface area contributed by atoms with E-state index in [0.717, 1.165) is 12.8 Å². The van der Waals surface area contributed by atoms with E-state index in [4.69, 9.17) is 5.26 Å². The molecule has 0 aromatic carbocycles. The van der Waals surface area contributed by atoms with E-state index in [9.17, 15) is 5.11 Å². The van der Waals surface area contributed by atoms with Crippen LogP contribution in [0, 0.1) is 11.3 Å². The van der Waals surface area contributed by atoms with Crippen LogP contribution < -0.4 is 0 Å². The summed E-state index contributed by atoms with van der Waals surface area (Å²) in [5, 5.41) is 17.7. The molecule has 0 saturated carbocycles. The normalized spacial score (nSPS) is 12.3. The van der Waals surface area contributed by atoms with Crippen molar-refractivity contribution in [2.45, 2.75) is 83.7 Å². The average molecular weight is 225 g/mol. The van der Waals surface area contributed by atoms with Gasteiger partial charge in [-0.2, -0.15) is 5.26 Å². The highest BCUT2D eigenvalue weighted by Crippen LogP contribution is 2.11. The first-order chi connectivity index (χ1) is 7.81. The van der Waals surface area contributed by atoms with Gasteiger partial charge in [-0.25, -0.2) is 0 Å². The van der Waals surface area contributed by atoms with Gasteiger partial charge in [0.15, 0.2) is 0 Å². The highest BCUT2D eigenvalue weighted by molar-refractivity contribution is 4.74. The molecule has 2 nitrogen and oxygen atoms in total. The van der Waals surface area contributed by atoms with Crippen LogP contribution in [0.1, 0.15) is 77.6 Å². The third-order valence-corrected chi connectivity index (χ3v) is 2.97. The lowest BCUT2D eigenvalue weighted by Gasteiger charge is -2.05. The van der Waals surface area contributed by atoms with E-state index in [1.165, 1.54) is 51.4 Å². The Kier molecular flexibility index (Phi) is 12.1. The largest absolute Gasteiger partial charge is 0.392 e. The molecule has 0 aromatic rings. The molecule has 1 atom stereocenters. The summed E-state index contributed by atoms with van der Waals surface area (Å²) < 4.78 is 0. The molecule has 1 N–H and O–H groups in total. The number of hydrogen-bond donors (Lipinski definition) is 1. The molecule has 2 heteroatoms. The van der Waals surface area contributed by atoms with E-state index in [1.54, 1.807) is 0 Å². The highest BCUT2D eigenvalue weighted by Gasteiger charge is 2.01. The summed E-state index contributed by atoms with van der Waals surface area (Å²) >= 11 is 0. The second-order valence-corrected chi connectivity index (χ2v) is 4.63. The molecule has 0 aliphatic rings. The SMILES string of the molecule is CCCCCCCCCCCC(O)CC#N. The topological polar surface area (TPSA) is 44.0 Å². The first-order valence-corrected chi connectivity index (χ1v) is 6.86. The zero-order valence-corrected chi connectivity index (χ0v) is 10.7. The Hall–Kier alpha value is -0.550. The Morgan fingerprint density at radius 1 is 0.938 bits per heavy atom. The number of nitriles is 1. The van der Waals surface area contributed by atoms with Crippen molar-refractivity contribution >= 4 is 0 Å². The van der Waals surface area contributed by atoms with E-state index >= 15 is 0 Å². The molecule has 0 aromatic heterocycles. The maximum absolute atomic E-state index is 9.33. The Morgan fingerprint density at radius 2 is 1.44 bits per heavy atom. The van der Waals surface area contributed by atoms with Crippen molar-refractivity contribution in [2.75, 3.05) is 0 Å². The van der Waals surface area contributed by atoms with Gasteiger partial charge < -0.3 is 5.11 Å². The summed E-state index contributed by atoms with van der Waals surface area (Å²) in [6.45, 7) is 2.24. The molecule has 0 aliphatic carbocycles. The third-order valence-electron chi connectivity index (χ3n) is 2.97. The van der Waals surface area contributed by atoms with Crippen LogP contribution in [0.3, 0.4) is 0 Å². The van der Waals surface area contributed by atoms with Crippen molar-refractivity contribution in [1.82, 2.24) is 0 Å². The highest BCUT2D eigenvalue weighted by atomic mass is 16.3. The maximum Gasteiger partial charge on any atom is 0.0670 e. The number of hydrogen-bond acceptors (Lipinski definition) is 2. The smallest absolute Gasteiger partial charge is 0.0670 e. The number of nitrogens with zero attached hydrogens (tertiary/aromatic N) is 1. The van der Waals surface area contributed by atoms with Gasteiger partial charge in [0.2, 0.25) is 0 Å². The van der Waals surface area contributed by atoms with E-state index in [0.29, 0.717) is 0 Å². The molecule has 1 unspecified atom stereocenters. The fraction of sp³-hybridized carbons (Fsp3) is 0.929. The molecule has 94 valence electrons. The molecule has 0 radical (unpaired) electrons. The van der Waals surface area contributed by atoms with E-state index in [1.807, 2.05) is 6.07 Å². The van der Waals surface area contributed by atoms with Gasteiger partial charge in [0, 0.05) is 0 Å². The zero-order chi connectivity index (χ0) is 12.1. The Morgan fingerprint density at radius 3 is 1.94 bits per heavy atom. The Bertz CT molecular complexity index is 174. The molecule has 0 bridgehead atoms. The fourth-order valence-electron chi connectivity index (χ4n) is 1.90. The van der Waals surface area contributed by atoms with Crippen LogP contribution in [0.15, 0.2) is 0 Å². The van der Waals surface area contributed by atoms with Crippen LogP contribution in [-0.4, -0.2) is 11.2 Å². The van der Waals surface area contributed by atoms with Gasteiger partial charge in [-0.15, -0.1) is 0 Å². The molecule has 16 heavy (non-hydrogen) atoms. The summed E-state index contributed by atoms with van der Waals surface area (Å²) in [6, 6.07) is 2.00. The monoisotopic (exact) mass is 225 g/mol. The first-order valence-electron chi connectivity index (χ1n) is 6.86. The van der Waals surface area contributed by atoms with Crippen LogP contribution in [0.25, 0.3) is 0 Å². The lowest BCUT2D eigenvalue weighted by molar-refractivity contribution is 0.165. The van der Waals surface area contributed by atoms with Gasteiger partial charge in [0.05, 0.1) is 18.6 Å². The molecular weight excluding hydrogens is 198 g/mol. The maximum atomic E-state index is 9.33. The van der Waals surface area contributed by atoms with Gasteiger partial charge in [0.25, 0.3) is 0 Å². The van der Waals surface area contributed by atoms with Crippen LogP contribution in [0.5, 0.6) is 0 Å². The quantitative estimate of drug-likeness (QED) is 0.536. The van der Waals surface area contributed by atoms with Crippen molar-refractivity contribution in [3.63, 3.8) is 0 Å². The van der Waals surface area contributed by atoms with E-state index in [2.05, 4.69) is 6.92 Å². The van der Waals surface area contributed by atoms with Crippen molar-refractivity contribution in [1.29, 1.82) is 5.26 Å². The minimum atomic E-state index is -0.394. The molecule has 0 fully saturated rings. The van der Waals surface area contributed by atoms with Crippen molar-refractivity contribution in [3.05, 3.63) is 0 Å². The number of unbranched alkanes of at least 4 members (excludes halogenated alkanes) is 8. The van der Waals surface area contributed by atoms with Gasteiger partial charge in [-0.1, -0.05) is 64.7 Å². The predicted octanol–water partition coefficient (Wildman–Crippen LogP) is 4.18. The predicted molar refractivity (Wildman–Crippen MR) is 68.1 cm³/mol. The van der Waals surface area contributed by atoms with E-state index in [-0.39, 0.29) is 6.42 Å². The Balaban J connectivity index is 3.01. The van der Waals surface area contributed by atoms with Crippen molar-refractivity contribution in [2.24, 2.45) is 0 Å². The summed E-state index contributed by atoms with van der Waals surface area (Å²) in [5.74, 6) is 0. The summed E-state index contributed by atoms with van der Waals surface area (Å²) in [4.78, 5) is 0. The van der Waals surface area contributed by atoms with Gasteiger partial charge in [-0.05, 0) is 6.42 Å². The molecule has 0 aliphatic heterocycles. The minimum Gasteiger partial charge on any atom is -0.392 e. The first kappa shape index (κ1) is 15.4. The summed E-state index contributed by atoms with van der Waals surface area (Å²) in [6.07, 6.45) is 12.4. The number of aliphatic hydroxyl groups is 1. The second kappa shape index (κ2) is 12.5. The average Bonchev–Trinajstić information content (AvgIpc) is 2.27. The molecular formula is C14H27NO. The zero-order valence-electron chi connectivity index (χ0n) is 10.7. The minimum absolute atomic E-state index is 0.289. The lowest BCUT2D eigenvalue weighted by atomic mass is 10.0. The number of rotatable bonds is 11.